The van der Waals surface area contributed by atoms with Crippen LogP contribution in [0.1, 0.15) is 0 Å². The lowest BCUT2D eigenvalue weighted by Gasteiger charge is -2.02. The molecule has 0 bridgehead atoms. The standard InChI is InChI=1S/C13H9Cl2N3O/c14-7-4-8(15)6-9(5-7)17-13-18-12-10(16)2-1-3-11(12)19-13/h1-6H,16H2,(H,17,18). The Bertz CT molecular complexity index is 734. The van der Waals surface area contributed by atoms with Gasteiger partial charge in [0.2, 0.25) is 0 Å². The van der Waals surface area contributed by atoms with Crippen molar-refractivity contribution >= 4 is 51.7 Å². The normalized spacial score (nSPS) is 10.8. The van der Waals surface area contributed by atoms with E-state index in [2.05, 4.69) is 10.3 Å². The fourth-order valence-electron chi connectivity index (χ4n) is 1.77. The molecule has 0 spiro atoms. The van der Waals surface area contributed by atoms with E-state index in [1.54, 1.807) is 30.3 Å². The number of hydrogen-bond donors (Lipinski definition) is 2. The smallest absolute Gasteiger partial charge is 0.300 e. The van der Waals surface area contributed by atoms with E-state index in [0.717, 1.165) is 0 Å². The molecule has 0 aliphatic rings. The maximum atomic E-state index is 5.92. The maximum absolute atomic E-state index is 5.92. The van der Waals surface area contributed by atoms with Crippen LogP contribution in [0.5, 0.6) is 0 Å². The number of para-hydroxylation sites is 1. The molecular formula is C13H9Cl2N3O. The Hall–Kier alpha value is -1.91. The molecule has 0 amide bonds. The van der Waals surface area contributed by atoms with E-state index in [1.807, 2.05) is 6.07 Å². The van der Waals surface area contributed by atoms with E-state index in [0.29, 0.717) is 38.5 Å². The zero-order chi connectivity index (χ0) is 13.4. The molecule has 2 aromatic carbocycles. The number of rotatable bonds is 2. The number of fused-ring (bicyclic) bond motifs is 1. The molecule has 4 nitrogen and oxygen atoms in total. The number of nitrogens with zero attached hydrogens (tertiary/aromatic N) is 1. The molecule has 3 aromatic rings. The summed E-state index contributed by atoms with van der Waals surface area (Å²) in [5.41, 5.74) is 8.33. The van der Waals surface area contributed by atoms with Crippen LogP contribution < -0.4 is 11.1 Å². The summed E-state index contributed by atoms with van der Waals surface area (Å²) in [6.45, 7) is 0. The fourth-order valence-corrected chi connectivity index (χ4v) is 2.30. The SMILES string of the molecule is Nc1cccc2oc(Nc3cc(Cl)cc(Cl)c3)nc12. The van der Waals surface area contributed by atoms with Crippen molar-refractivity contribution in [2.75, 3.05) is 11.1 Å². The van der Waals surface area contributed by atoms with E-state index in [-0.39, 0.29) is 0 Å². The van der Waals surface area contributed by atoms with Crippen LogP contribution in [0.3, 0.4) is 0 Å². The van der Waals surface area contributed by atoms with E-state index in [1.165, 1.54) is 0 Å². The predicted octanol–water partition coefficient (Wildman–Crippen LogP) is 4.46. The lowest BCUT2D eigenvalue weighted by atomic mass is 10.3. The predicted molar refractivity (Wildman–Crippen MR) is 78.2 cm³/mol. The molecule has 0 unspecified atom stereocenters. The van der Waals surface area contributed by atoms with Gasteiger partial charge in [0, 0.05) is 15.7 Å². The third-order valence-electron chi connectivity index (χ3n) is 2.56. The molecule has 3 N–H and O–H groups in total. The van der Waals surface area contributed by atoms with Crippen LogP contribution in [0.4, 0.5) is 17.4 Å². The number of anilines is 3. The van der Waals surface area contributed by atoms with Crippen molar-refractivity contribution in [3.63, 3.8) is 0 Å². The third-order valence-corrected chi connectivity index (χ3v) is 3.00. The third kappa shape index (κ3) is 2.45. The monoisotopic (exact) mass is 293 g/mol. The lowest BCUT2D eigenvalue weighted by Crippen LogP contribution is -1.90. The van der Waals surface area contributed by atoms with Crippen LogP contribution in [0.25, 0.3) is 11.1 Å². The van der Waals surface area contributed by atoms with Crippen molar-refractivity contribution in [3.05, 3.63) is 46.4 Å². The van der Waals surface area contributed by atoms with Gasteiger partial charge < -0.3 is 15.5 Å². The number of halogens is 2. The molecule has 96 valence electrons. The highest BCUT2D eigenvalue weighted by atomic mass is 35.5. The summed E-state index contributed by atoms with van der Waals surface area (Å²) in [5.74, 6) is 0. The molecular weight excluding hydrogens is 285 g/mol. The van der Waals surface area contributed by atoms with E-state index >= 15 is 0 Å². The number of aromatic nitrogens is 1. The van der Waals surface area contributed by atoms with Gasteiger partial charge in [-0.2, -0.15) is 4.98 Å². The zero-order valence-electron chi connectivity index (χ0n) is 9.65. The number of nitrogens with one attached hydrogen (secondary N) is 1. The highest BCUT2D eigenvalue weighted by Gasteiger charge is 2.08. The largest absolute Gasteiger partial charge is 0.423 e. The van der Waals surface area contributed by atoms with E-state index in [4.69, 9.17) is 33.4 Å². The fraction of sp³-hybridized carbons (Fsp3) is 0. The van der Waals surface area contributed by atoms with Gasteiger partial charge in [-0.25, -0.2) is 0 Å². The van der Waals surface area contributed by atoms with Gasteiger partial charge in [0.05, 0.1) is 5.69 Å². The van der Waals surface area contributed by atoms with Crippen LogP contribution in [0, 0.1) is 0 Å². The average Bonchev–Trinajstić information content (AvgIpc) is 2.71. The van der Waals surface area contributed by atoms with Gasteiger partial charge in [-0.1, -0.05) is 29.3 Å². The van der Waals surface area contributed by atoms with E-state index in [9.17, 15) is 0 Å². The highest BCUT2D eigenvalue weighted by Crippen LogP contribution is 2.28. The van der Waals surface area contributed by atoms with Crippen molar-refractivity contribution in [1.29, 1.82) is 0 Å². The second-order valence-electron chi connectivity index (χ2n) is 4.00. The van der Waals surface area contributed by atoms with Crippen LogP contribution >= 0.6 is 23.2 Å². The Labute approximate surface area is 119 Å². The molecule has 19 heavy (non-hydrogen) atoms. The minimum Gasteiger partial charge on any atom is -0.423 e. The number of benzene rings is 2. The Balaban J connectivity index is 1.99. The second kappa shape index (κ2) is 4.64. The van der Waals surface area contributed by atoms with Gasteiger partial charge in [-0.3, -0.25) is 0 Å². The Kier molecular flexibility index (Phi) is 2.97. The number of oxazole rings is 1. The molecule has 3 rings (SSSR count). The number of nitrogen functional groups attached to an aromatic ring is 1. The Morgan fingerprint density at radius 1 is 1.11 bits per heavy atom. The summed E-state index contributed by atoms with van der Waals surface area (Å²) in [6.07, 6.45) is 0. The van der Waals surface area contributed by atoms with Crippen molar-refractivity contribution < 1.29 is 4.42 Å². The first-order valence-corrected chi connectivity index (χ1v) is 6.25. The molecule has 0 radical (unpaired) electrons. The van der Waals surface area contributed by atoms with Gasteiger partial charge in [0.1, 0.15) is 5.52 Å². The lowest BCUT2D eigenvalue weighted by molar-refractivity contribution is 0.623. The van der Waals surface area contributed by atoms with Gasteiger partial charge in [0.25, 0.3) is 6.01 Å². The summed E-state index contributed by atoms with van der Waals surface area (Å²) in [5, 5.41) is 4.07. The summed E-state index contributed by atoms with van der Waals surface area (Å²) >= 11 is 11.8. The van der Waals surface area contributed by atoms with Crippen LogP contribution in [-0.4, -0.2) is 4.98 Å². The second-order valence-corrected chi connectivity index (χ2v) is 4.87. The zero-order valence-corrected chi connectivity index (χ0v) is 11.2. The number of nitrogens with two attached hydrogens (primary N) is 1. The van der Waals surface area contributed by atoms with Gasteiger partial charge in [-0.15, -0.1) is 0 Å². The summed E-state index contributed by atoms with van der Waals surface area (Å²) in [7, 11) is 0. The minimum atomic E-state index is 0.339. The van der Waals surface area contributed by atoms with Crippen molar-refractivity contribution in [2.45, 2.75) is 0 Å². The summed E-state index contributed by atoms with van der Waals surface area (Å²) in [4.78, 5) is 4.28. The maximum Gasteiger partial charge on any atom is 0.300 e. The molecule has 0 saturated carbocycles. The first kappa shape index (κ1) is 12.1. The van der Waals surface area contributed by atoms with Crippen LogP contribution in [0.15, 0.2) is 40.8 Å². The average molecular weight is 294 g/mol. The Morgan fingerprint density at radius 2 is 1.84 bits per heavy atom. The molecule has 0 aliphatic carbocycles. The van der Waals surface area contributed by atoms with Crippen LogP contribution in [0.2, 0.25) is 10.0 Å². The molecule has 1 heterocycles. The van der Waals surface area contributed by atoms with E-state index < -0.39 is 0 Å². The Morgan fingerprint density at radius 3 is 2.53 bits per heavy atom. The first-order chi connectivity index (χ1) is 9.11. The first-order valence-electron chi connectivity index (χ1n) is 5.50. The van der Waals surface area contributed by atoms with Crippen molar-refractivity contribution in [3.8, 4) is 0 Å². The minimum absolute atomic E-state index is 0.339. The summed E-state index contributed by atoms with van der Waals surface area (Å²) in [6, 6.07) is 10.8. The number of hydrogen-bond acceptors (Lipinski definition) is 4. The quantitative estimate of drug-likeness (QED) is 0.685. The molecule has 0 fully saturated rings. The molecule has 1 aromatic heterocycles. The van der Waals surface area contributed by atoms with Gasteiger partial charge >= 0.3 is 0 Å². The molecule has 0 aliphatic heterocycles. The van der Waals surface area contributed by atoms with Gasteiger partial charge in [-0.05, 0) is 30.3 Å². The molecule has 0 saturated heterocycles. The van der Waals surface area contributed by atoms with Crippen molar-refractivity contribution in [2.24, 2.45) is 0 Å². The molecule has 6 heteroatoms. The van der Waals surface area contributed by atoms with Crippen LogP contribution in [-0.2, 0) is 0 Å². The van der Waals surface area contributed by atoms with Crippen molar-refractivity contribution in [1.82, 2.24) is 4.98 Å². The topological polar surface area (TPSA) is 64.1 Å². The summed E-state index contributed by atoms with van der Waals surface area (Å²) < 4.78 is 5.54. The molecule has 0 atom stereocenters. The van der Waals surface area contributed by atoms with Gasteiger partial charge in [0.15, 0.2) is 5.58 Å². The highest BCUT2D eigenvalue weighted by molar-refractivity contribution is 6.35.